The van der Waals surface area contributed by atoms with Crippen LogP contribution in [0.15, 0.2) is 34.1 Å². The van der Waals surface area contributed by atoms with E-state index in [1.54, 1.807) is 0 Å². The van der Waals surface area contributed by atoms with E-state index in [1.165, 1.54) is 24.3 Å². The molecule has 0 atom stereocenters. The van der Waals surface area contributed by atoms with Crippen LogP contribution >= 0.6 is 0 Å². The number of nitrogens with zero attached hydrogens (tertiary/aromatic N) is 1. The molecule has 1 aromatic carbocycles. The zero-order chi connectivity index (χ0) is 17.7. The highest BCUT2D eigenvalue weighted by molar-refractivity contribution is 7.91. The van der Waals surface area contributed by atoms with E-state index in [1.807, 2.05) is 7.05 Å². The third-order valence-corrected chi connectivity index (χ3v) is 6.22. The molecule has 0 unspecified atom stereocenters. The van der Waals surface area contributed by atoms with Crippen LogP contribution in [0, 0.1) is 0 Å². The fraction of sp³-hybridized carbons (Fsp3) is 0.600. The van der Waals surface area contributed by atoms with Crippen molar-refractivity contribution in [3.63, 3.8) is 0 Å². The van der Waals surface area contributed by atoms with Crippen LogP contribution in [-0.4, -0.2) is 54.2 Å². The molecular weight excluding hydrogens is 336 g/mol. The highest BCUT2D eigenvalue weighted by Crippen LogP contribution is 2.15. The molecule has 1 aromatic rings. The molecule has 0 fully saturated rings. The summed E-state index contributed by atoms with van der Waals surface area (Å²) >= 11 is 0. The van der Waals surface area contributed by atoms with E-state index in [0.717, 1.165) is 25.6 Å². The molecule has 1 rings (SSSR count). The highest BCUT2D eigenvalue weighted by atomic mass is 32.2. The summed E-state index contributed by atoms with van der Waals surface area (Å²) in [5.41, 5.74) is 0. The molecule has 0 bridgehead atoms. The second-order valence-corrected chi connectivity index (χ2v) is 9.71. The van der Waals surface area contributed by atoms with Crippen LogP contribution in [0.25, 0.3) is 0 Å². The van der Waals surface area contributed by atoms with Crippen LogP contribution < -0.4 is 4.72 Å². The Kier molecular flexibility index (Phi) is 7.19. The molecule has 0 heterocycles. The van der Waals surface area contributed by atoms with Gasteiger partial charge in [0.25, 0.3) is 0 Å². The van der Waals surface area contributed by atoms with Crippen LogP contribution in [0.5, 0.6) is 0 Å². The molecule has 0 spiro atoms. The Hall–Kier alpha value is -0.960. The van der Waals surface area contributed by atoms with Gasteiger partial charge in [-0.2, -0.15) is 0 Å². The Bertz CT molecular complexity index is 713. The third-order valence-electron chi connectivity index (χ3n) is 3.66. The molecule has 0 radical (unpaired) electrons. The number of hydrogen-bond donors (Lipinski definition) is 1. The first kappa shape index (κ1) is 20.1. The van der Waals surface area contributed by atoms with Crippen LogP contribution in [0.4, 0.5) is 0 Å². The predicted octanol–water partition coefficient (Wildman–Crippen LogP) is 1.49. The Morgan fingerprint density at radius 2 is 1.70 bits per heavy atom. The monoisotopic (exact) mass is 362 g/mol. The number of hydrogen-bond acceptors (Lipinski definition) is 5. The molecule has 0 saturated heterocycles. The lowest BCUT2D eigenvalue weighted by Gasteiger charge is -2.20. The average molecular weight is 363 g/mol. The molecule has 6 nitrogen and oxygen atoms in total. The van der Waals surface area contributed by atoms with Crippen molar-refractivity contribution in [3.8, 4) is 0 Å². The van der Waals surface area contributed by atoms with E-state index in [0.29, 0.717) is 12.6 Å². The number of nitrogens with one attached hydrogen (secondary N) is 1. The van der Waals surface area contributed by atoms with Gasteiger partial charge in [0.05, 0.1) is 9.79 Å². The lowest BCUT2D eigenvalue weighted by molar-refractivity contribution is 0.268. The first-order valence-corrected chi connectivity index (χ1v) is 10.9. The van der Waals surface area contributed by atoms with E-state index >= 15 is 0 Å². The summed E-state index contributed by atoms with van der Waals surface area (Å²) in [4.78, 5) is 2.17. The van der Waals surface area contributed by atoms with E-state index in [9.17, 15) is 16.8 Å². The summed E-state index contributed by atoms with van der Waals surface area (Å²) in [7, 11) is -5.09. The van der Waals surface area contributed by atoms with Crippen molar-refractivity contribution in [2.24, 2.45) is 0 Å². The Labute approximate surface area is 139 Å². The maximum Gasteiger partial charge on any atom is 0.240 e. The summed E-state index contributed by atoms with van der Waals surface area (Å²) < 4.78 is 49.9. The standard InChI is InChI=1S/C15H26N2O4S2/c1-13(2)17(3)11-6-5-10-16-23(20,21)15-9-7-8-14(12-15)22(4,18)19/h7-9,12-13,16H,5-6,10-11H2,1-4H3. The maximum absolute atomic E-state index is 12.2. The first-order chi connectivity index (χ1) is 10.5. The summed E-state index contributed by atoms with van der Waals surface area (Å²) in [6.45, 7) is 5.45. The largest absolute Gasteiger partial charge is 0.304 e. The molecule has 23 heavy (non-hydrogen) atoms. The van der Waals surface area contributed by atoms with Crippen LogP contribution in [0.3, 0.4) is 0 Å². The predicted molar refractivity (Wildman–Crippen MR) is 91.7 cm³/mol. The minimum absolute atomic E-state index is 0.000988. The van der Waals surface area contributed by atoms with Crippen molar-refractivity contribution >= 4 is 19.9 Å². The fourth-order valence-corrected chi connectivity index (χ4v) is 3.77. The fourth-order valence-electron chi connectivity index (χ4n) is 1.91. The molecule has 0 aromatic heterocycles. The van der Waals surface area contributed by atoms with Crippen molar-refractivity contribution in [3.05, 3.63) is 24.3 Å². The molecule has 0 aliphatic heterocycles. The third kappa shape index (κ3) is 6.58. The van der Waals surface area contributed by atoms with Crippen molar-refractivity contribution < 1.29 is 16.8 Å². The van der Waals surface area contributed by atoms with E-state index in [2.05, 4.69) is 23.5 Å². The number of sulfonamides is 1. The normalized spacial score (nSPS) is 13.0. The Morgan fingerprint density at radius 1 is 1.09 bits per heavy atom. The minimum atomic E-state index is -3.69. The van der Waals surface area contributed by atoms with E-state index in [-0.39, 0.29) is 9.79 Å². The van der Waals surface area contributed by atoms with Crippen molar-refractivity contribution in [1.82, 2.24) is 9.62 Å². The van der Waals surface area contributed by atoms with E-state index < -0.39 is 19.9 Å². The molecule has 132 valence electrons. The summed E-state index contributed by atoms with van der Waals surface area (Å²) in [5.74, 6) is 0. The quantitative estimate of drug-likeness (QED) is 0.673. The number of sulfone groups is 1. The van der Waals surface area contributed by atoms with Gasteiger partial charge in [0.15, 0.2) is 9.84 Å². The zero-order valence-electron chi connectivity index (χ0n) is 14.1. The van der Waals surface area contributed by atoms with Crippen LogP contribution in [0.2, 0.25) is 0 Å². The number of rotatable bonds is 9. The number of unbranched alkanes of at least 4 members (excludes halogenated alkanes) is 1. The van der Waals surface area contributed by atoms with Gasteiger partial charge in [-0.05, 0) is 58.5 Å². The van der Waals surface area contributed by atoms with Crippen LogP contribution in [0.1, 0.15) is 26.7 Å². The second kappa shape index (κ2) is 8.23. The topological polar surface area (TPSA) is 83.6 Å². The Balaban J connectivity index is 2.60. The van der Waals surface area contributed by atoms with Gasteiger partial charge in [-0.15, -0.1) is 0 Å². The minimum Gasteiger partial charge on any atom is -0.304 e. The van der Waals surface area contributed by atoms with Gasteiger partial charge >= 0.3 is 0 Å². The first-order valence-electron chi connectivity index (χ1n) is 7.54. The van der Waals surface area contributed by atoms with Crippen molar-refractivity contribution in [1.29, 1.82) is 0 Å². The lowest BCUT2D eigenvalue weighted by Crippen LogP contribution is -2.29. The maximum atomic E-state index is 12.2. The van der Waals surface area contributed by atoms with Crippen LogP contribution in [-0.2, 0) is 19.9 Å². The van der Waals surface area contributed by atoms with Crippen molar-refractivity contribution in [2.75, 3.05) is 26.4 Å². The molecular formula is C15H26N2O4S2. The van der Waals surface area contributed by atoms with Gasteiger partial charge in [0, 0.05) is 18.8 Å². The van der Waals surface area contributed by atoms with E-state index in [4.69, 9.17) is 0 Å². The van der Waals surface area contributed by atoms with Gasteiger partial charge in [-0.25, -0.2) is 21.6 Å². The second-order valence-electron chi connectivity index (χ2n) is 5.93. The SMILES string of the molecule is CC(C)N(C)CCCCNS(=O)(=O)c1cccc(S(C)(=O)=O)c1. The molecule has 0 amide bonds. The lowest BCUT2D eigenvalue weighted by atomic mass is 10.2. The molecule has 0 saturated carbocycles. The molecule has 0 aliphatic carbocycles. The van der Waals surface area contributed by atoms with Gasteiger partial charge in [-0.1, -0.05) is 6.07 Å². The van der Waals surface area contributed by atoms with Gasteiger partial charge in [0.2, 0.25) is 10.0 Å². The zero-order valence-corrected chi connectivity index (χ0v) is 15.7. The van der Waals surface area contributed by atoms with Crippen molar-refractivity contribution in [2.45, 2.75) is 42.5 Å². The summed E-state index contributed by atoms with van der Waals surface area (Å²) in [6.07, 6.45) is 2.67. The summed E-state index contributed by atoms with van der Waals surface area (Å²) in [5, 5.41) is 0. The highest BCUT2D eigenvalue weighted by Gasteiger charge is 2.16. The molecule has 8 heteroatoms. The molecule has 0 aliphatic rings. The van der Waals surface area contributed by atoms with Gasteiger partial charge in [0.1, 0.15) is 0 Å². The van der Waals surface area contributed by atoms with Gasteiger partial charge < -0.3 is 4.90 Å². The van der Waals surface area contributed by atoms with Gasteiger partial charge in [-0.3, -0.25) is 0 Å². The summed E-state index contributed by atoms with van der Waals surface area (Å²) in [6, 6.07) is 5.86. The Morgan fingerprint density at radius 3 is 2.26 bits per heavy atom. The average Bonchev–Trinajstić information content (AvgIpc) is 2.45. The number of benzene rings is 1. The molecule has 1 N–H and O–H groups in total. The smallest absolute Gasteiger partial charge is 0.240 e.